The lowest BCUT2D eigenvalue weighted by atomic mass is 10.1. The number of nitro groups is 1. The summed E-state index contributed by atoms with van der Waals surface area (Å²) in [4.78, 5) is 14.8. The van der Waals surface area contributed by atoms with Crippen LogP contribution in [-0.4, -0.2) is 41.4 Å². The van der Waals surface area contributed by atoms with Crippen molar-refractivity contribution in [2.45, 2.75) is 12.5 Å². The van der Waals surface area contributed by atoms with Gasteiger partial charge in [-0.3, -0.25) is 15.1 Å². The number of hydrogen-bond donors (Lipinski definition) is 2. The van der Waals surface area contributed by atoms with Crippen LogP contribution in [0.3, 0.4) is 0 Å². The molecule has 0 aliphatic heterocycles. The van der Waals surface area contributed by atoms with E-state index in [0.29, 0.717) is 29.6 Å². The Morgan fingerprint density at radius 1 is 1.48 bits per heavy atom. The van der Waals surface area contributed by atoms with Gasteiger partial charge in [0.1, 0.15) is 5.52 Å². The number of rotatable bonds is 7. The topological polar surface area (TPSA) is 97.5 Å². The van der Waals surface area contributed by atoms with Crippen LogP contribution in [0, 0.1) is 10.1 Å². The number of anilines is 1. The summed E-state index contributed by atoms with van der Waals surface area (Å²) in [6.45, 7) is 0.801. The van der Waals surface area contributed by atoms with Crippen LogP contribution in [0.25, 0.3) is 10.9 Å². The number of nitrogens with one attached hydrogen (secondary N) is 1. The fraction of sp³-hybridized carbons (Fsp3) is 0.357. The highest BCUT2D eigenvalue weighted by Crippen LogP contribution is 2.29. The van der Waals surface area contributed by atoms with Crippen LogP contribution in [0.2, 0.25) is 0 Å². The van der Waals surface area contributed by atoms with Crippen molar-refractivity contribution in [1.29, 1.82) is 0 Å². The van der Waals surface area contributed by atoms with Gasteiger partial charge in [-0.1, -0.05) is 0 Å². The molecule has 2 rings (SSSR count). The Bertz CT molecular complexity index is 633. The fourth-order valence-corrected chi connectivity index (χ4v) is 2.11. The molecular weight excluding hydrogens is 274 g/mol. The summed E-state index contributed by atoms with van der Waals surface area (Å²) in [5, 5.41) is 24.2. The summed E-state index contributed by atoms with van der Waals surface area (Å²) in [7, 11) is 1.53. The SMILES string of the molecule is COCC(O)CCNc1ccc([N+](=O)[O-])c2cccnc12. The first kappa shape index (κ1) is 15.1. The van der Waals surface area contributed by atoms with Crippen molar-refractivity contribution in [2.75, 3.05) is 25.6 Å². The van der Waals surface area contributed by atoms with Crippen molar-refractivity contribution in [3.63, 3.8) is 0 Å². The molecule has 2 N–H and O–H groups in total. The molecule has 0 spiro atoms. The third kappa shape index (κ3) is 3.65. The van der Waals surface area contributed by atoms with E-state index < -0.39 is 11.0 Å². The molecule has 0 fully saturated rings. The Balaban J connectivity index is 2.18. The van der Waals surface area contributed by atoms with Gasteiger partial charge < -0.3 is 15.2 Å². The van der Waals surface area contributed by atoms with Gasteiger partial charge in [0.2, 0.25) is 0 Å². The van der Waals surface area contributed by atoms with E-state index in [-0.39, 0.29) is 12.3 Å². The number of benzene rings is 1. The molecule has 7 nitrogen and oxygen atoms in total. The summed E-state index contributed by atoms with van der Waals surface area (Å²) in [5.74, 6) is 0. The van der Waals surface area contributed by atoms with Crippen LogP contribution in [0.1, 0.15) is 6.42 Å². The molecule has 2 aromatic rings. The minimum atomic E-state index is -0.542. The highest BCUT2D eigenvalue weighted by Gasteiger charge is 2.14. The molecule has 0 saturated heterocycles. The maximum absolute atomic E-state index is 11.0. The van der Waals surface area contributed by atoms with E-state index in [1.54, 1.807) is 24.4 Å². The van der Waals surface area contributed by atoms with Gasteiger partial charge in [0.15, 0.2) is 0 Å². The molecule has 0 aliphatic carbocycles. The van der Waals surface area contributed by atoms with E-state index >= 15 is 0 Å². The third-order valence-corrected chi connectivity index (χ3v) is 3.10. The Morgan fingerprint density at radius 3 is 3.00 bits per heavy atom. The zero-order valence-electron chi connectivity index (χ0n) is 11.7. The molecule has 1 aromatic carbocycles. The standard InChI is InChI=1S/C14H17N3O4/c1-21-9-10(18)6-8-15-12-4-5-13(17(19)20)11-3-2-7-16-14(11)12/h2-5,7,10,15,18H,6,8-9H2,1H3. The molecule has 1 atom stereocenters. The number of aliphatic hydroxyl groups excluding tert-OH is 1. The summed E-state index contributed by atoms with van der Waals surface area (Å²) in [6, 6.07) is 6.43. The van der Waals surface area contributed by atoms with E-state index in [4.69, 9.17) is 4.74 Å². The lowest BCUT2D eigenvalue weighted by Gasteiger charge is -2.12. The molecule has 21 heavy (non-hydrogen) atoms. The van der Waals surface area contributed by atoms with Gasteiger partial charge in [0.25, 0.3) is 5.69 Å². The van der Waals surface area contributed by atoms with Crippen LogP contribution in [-0.2, 0) is 4.74 Å². The van der Waals surface area contributed by atoms with E-state index in [1.807, 2.05) is 0 Å². The normalized spacial score (nSPS) is 12.3. The average molecular weight is 291 g/mol. The number of nitrogens with zero attached hydrogens (tertiary/aromatic N) is 2. The van der Waals surface area contributed by atoms with E-state index in [2.05, 4.69) is 10.3 Å². The second-order valence-electron chi connectivity index (χ2n) is 4.61. The van der Waals surface area contributed by atoms with Gasteiger partial charge in [-0.05, 0) is 24.6 Å². The summed E-state index contributed by atoms with van der Waals surface area (Å²) in [6.07, 6.45) is 1.57. The Hall–Kier alpha value is -2.25. The maximum atomic E-state index is 11.0. The monoisotopic (exact) mass is 291 g/mol. The number of pyridine rings is 1. The molecule has 0 amide bonds. The zero-order chi connectivity index (χ0) is 15.2. The highest BCUT2D eigenvalue weighted by molar-refractivity contribution is 5.96. The first-order chi connectivity index (χ1) is 10.1. The van der Waals surface area contributed by atoms with Crippen LogP contribution >= 0.6 is 0 Å². The minimum absolute atomic E-state index is 0.0306. The highest BCUT2D eigenvalue weighted by atomic mass is 16.6. The molecule has 112 valence electrons. The number of methoxy groups -OCH3 is 1. The lowest BCUT2D eigenvalue weighted by molar-refractivity contribution is -0.383. The Labute approximate surface area is 121 Å². The van der Waals surface area contributed by atoms with Crippen LogP contribution in [0.5, 0.6) is 0 Å². The number of ether oxygens (including phenoxy) is 1. The van der Waals surface area contributed by atoms with E-state index in [1.165, 1.54) is 13.2 Å². The second-order valence-corrected chi connectivity index (χ2v) is 4.61. The van der Waals surface area contributed by atoms with Crippen LogP contribution < -0.4 is 5.32 Å². The number of fused-ring (bicyclic) bond motifs is 1. The molecule has 1 aromatic heterocycles. The Kier molecular flexibility index (Phi) is 5.02. The van der Waals surface area contributed by atoms with Gasteiger partial charge in [-0.2, -0.15) is 0 Å². The second kappa shape index (κ2) is 6.96. The van der Waals surface area contributed by atoms with Gasteiger partial charge in [0, 0.05) is 25.9 Å². The van der Waals surface area contributed by atoms with Crippen LogP contribution in [0.4, 0.5) is 11.4 Å². The molecule has 7 heteroatoms. The lowest BCUT2D eigenvalue weighted by Crippen LogP contribution is -2.18. The number of nitro benzene ring substituents is 1. The molecule has 0 radical (unpaired) electrons. The number of non-ortho nitro benzene ring substituents is 1. The first-order valence-corrected chi connectivity index (χ1v) is 6.56. The van der Waals surface area contributed by atoms with Gasteiger partial charge in [-0.25, -0.2) is 0 Å². The predicted octanol–water partition coefficient (Wildman–Crippen LogP) is 1.95. The molecule has 0 aliphatic rings. The van der Waals surface area contributed by atoms with Gasteiger partial charge in [0.05, 0.1) is 28.7 Å². The van der Waals surface area contributed by atoms with Crippen molar-refractivity contribution < 1.29 is 14.8 Å². The molecule has 1 unspecified atom stereocenters. The van der Waals surface area contributed by atoms with Gasteiger partial charge in [-0.15, -0.1) is 0 Å². The number of aromatic nitrogens is 1. The Morgan fingerprint density at radius 2 is 2.29 bits per heavy atom. The van der Waals surface area contributed by atoms with Crippen molar-refractivity contribution in [3.8, 4) is 0 Å². The average Bonchev–Trinajstić information content (AvgIpc) is 2.47. The van der Waals surface area contributed by atoms with Crippen molar-refractivity contribution in [1.82, 2.24) is 4.98 Å². The van der Waals surface area contributed by atoms with E-state index in [0.717, 1.165) is 0 Å². The summed E-state index contributed by atoms with van der Waals surface area (Å²) in [5.41, 5.74) is 1.29. The smallest absolute Gasteiger partial charge is 0.278 e. The quantitative estimate of drug-likeness (QED) is 0.597. The molecular formula is C14H17N3O4. The number of hydrogen-bond acceptors (Lipinski definition) is 6. The zero-order valence-corrected chi connectivity index (χ0v) is 11.7. The predicted molar refractivity (Wildman–Crippen MR) is 79.4 cm³/mol. The minimum Gasteiger partial charge on any atom is -0.391 e. The maximum Gasteiger partial charge on any atom is 0.278 e. The molecule has 0 bridgehead atoms. The molecule has 1 heterocycles. The number of aliphatic hydroxyl groups is 1. The molecule has 0 saturated carbocycles. The first-order valence-electron chi connectivity index (χ1n) is 6.56. The summed E-state index contributed by atoms with van der Waals surface area (Å²) >= 11 is 0. The fourth-order valence-electron chi connectivity index (χ4n) is 2.11. The van der Waals surface area contributed by atoms with E-state index in [9.17, 15) is 15.2 Å². The van der Waals surface area contributed by atoms with Gasteiger partial charge >= 0.3 is 0 Å². The third-order valence-electron chi connectivity index (χ3n) is 3.10. The van der Waals surface area contributed by atoms with Crippen LogP contribution in [0.15, 0.2) is 30.5 Å². The largest absolute Gasteiger partial charge is 0.391 e. The summed E-state index contributed by atoms with van der Waals surface area (Å²) < 4.78 is 4.85. The van der Waals surface area contributed by atoms with Crippen molar-refractivity contribution in [2.24, 2.45) is 0 Å². The van der Waals surface area contributed by atoms with Crippen molar-refractivity contribution >= 4 is 22.3 Å². The van der Waals surface area contributed by atoms with Crippen molar-refractivity contribution in [3.05, 3.63) is 40.6 Å².